The van der Waals surface area contributed by atoms with E-state index in [4.69, 9.17) is 0 Å². The lowest BCUT2D eigenvalue weighted by Gasteiger charge is -2.61. The average Bonchev–Trinajstić information content (AvgIpc) is 3.46. The van der Waals surface area contributed by atoms with E-state index in [2.05, 4.69) is 73.4 Å². The Labute approximate surface area is 215 Å². The molecule has 0 unspecified atom stereocenters. The molecule has 34 heavy (non-hydrogen) atoms. The summed E-state index contributed by atoms with van der Waals surface area (Å²) in [4.78, 5) is 0. The fourth-order valence-corrected chi connectivity index (χ4v) is 15.6. The van der Waals surface area contributed by atoms with Crippen molar-refractivity contribution in [3.8, 4) is 0 Å². The second kappa shape index (κ2) is 7.84. The molecule has 2 heteroatoms. The molecule has 5 rings (SSSR count). The van der Waals surface area contributed by atoms with Crippen LogP contribution in [0.3, 0.4) is 0 Å². The molecule has 5 aliphatic rings. The number of fused-ring (bicyclic) bond motifs is 5. The molecule has 0 heterocycles. The molecule has 0 N–H and O–H groups in total. The smallest absolute Gasteiger partial charge is 0.0552 e. The number of rotatable bonds is 4. The van der Waals surface area contributed by atoms with Gasteiger partial charge in [0.1, 0.15) is 0 Å². The molecule has 4 fully saturated rings. The quantitative estimate of drug-likeness (QED) is 0.267. The standard InChI is InChI=1S/C32H58Si2/c1-29(2,3)34(9,10)22-25-12-14-27-26-13-11-23-21-24(32(19-20-32)33(6,7)8)15-17-30(23,4)28(26)16-18-31(25,27)5/h15,23,25-28H,11-14,16-22H2,1-10H3/t23-,25+,26-,27+,28-,30-,31+/m0/s1. The maximum absolute atomic E-state index is 2.84. The van der Waals surface area contributed by atoms with Crippen molar-refractivity contribution in [2.75, 3.05) is 0 Å². The Balaban J connectivity index is 1.35. The lowest BCUT2D eigenvalue weighted by Crippen LogP contribution is -2.53. The zero-order chi connectivity index (χ0) is 24.9. The molecule has 5 aliphatic carbocycles. The largest absolute Gasteiger partial charge is 0.0845 e. The van der Waals surface area contributed by atoms with Crippen LogP contribution in [0.25, 0.3) is 0 Å². The molecule has 0 amide bonds. The summed E-state index contributed by atoms with van der Waals surface area (Å²) in [6.45, 7) is 26.5. The van der Waals surface area contributed by atoms with Crippen LogP contribution in [0.1, 0.15) is 98.8 Å². The topological polar surface area (TPSA) is 0 Å². The van der Waals surface area contributed by atoms with Crippen LogP contribution in [0.4, 0.5) is 0 Å². The molecule has 0 aromatic heterocycles. The van der Waals surface area contributed by atoms with Gasteiger partial charge in [-0.1, -0.05) is 85.0 Å². The van der Waals surface area contributed by atoms with Crippen molar-refractivity contribution in [1.82, 2.24) is 0 Å². The van der Waals surface area contributed by atoms with Crippen LogP contribution in [-0.4, -0.2) is 16.1 Å². The zero-order valence-electron chi connectivity index (χ0n) is 24.7. The van der Waals surface area contributed by atoms with Gasteiger partial charge in [0.25, 0.3) is 0 Å². The molecule has 0 aliphatic heterocycles. The maximum Gasteiger partial charge on any atom is 0.0552 e. The summed E-state index contributed by atoms with van der Waals surface area (Å²) in [6, 6.07) is 1.58. The van der Waals surface area contributed by atoms with Gasteiger partial charge in [-0.2, -0.15) is 0 Å². The fraction of sp³-hybridized carbons (Fsp3) is 0.938. The first-order valence-electron chi connectivity index (χ1n) is 15.2. The highest BCUT2D eigenvalue weighted by molar-refractivity contribution is 6.81. The molecular weight excluding hydrogens is 441 g/mol. The van der Waals surface area contributed by atoms with Gasteiger partial charge in [0.05, 0.1) is 16.1 Å². The molecule has 7 atom stereocenters. The van der Waals surface area contributed by atoms with E-state index in [1.165, 1.54) is 38.5 Å². The lowest BCUT2D eigenvalue weighted by molar-refractivity contribution is -0.0960. The summed E-state index contributed by atoms with van der Waals surface area (Å²) in [5.41, 5.74) is 3.19. The van der Waals surface area contributed by atoms with E-state index in [1.54, 1.807) is 31.7 Å². The molecule has 0 aromatic carbocycles. The van der Waals surface area contributed by atoms with E-state index in [-0.39, 0.29) is 0 Å². The highest BCUT2D eigenvalue weighted by Crippen LogP contribution is 2.72. The molecular formula is C32H58Si2. The highest BCUT2D eigenvalue weighted by Gasteiger charge is 2.62. The van der Waals surface area contributed by atoms with Crippen molar-refractivity contribution in [2.24, 2.45) is 40.4 Å². The van der Waals surface area contributed by atoms with E-state index < -0.39 is 16.1 Å². The van der Waals surface area contributed by atoms with E-state index in [9.17, 15) is 0 Å². The first-order chi connectivity index (χ1) is 15.6. The van der Waals surface area contributed by atoms with Crippen molar-refractivity contribution in [3.05, 3.63) is 11.6 Å². The summed E-state index contributed by atoms with van der Waals surface area (Å²) in [6.07, 6.45) is 18.0. The zero-order valence-corrected chi connectivity index (χ0v) is 26.7. The van der Waals surface area contributed by atoms with Gasteiger partial charge in [-0.05, 0) is 115 Å². The molecule has 0 bridgehead atoms. The Morgan fingerprint density at radius 3 is 2.06 bits per heavy atom. The van der Waals surface area contributed by atoms with Gasteiger partial charge in [-0.3, -0.25) is 0 Å². The first kappa shape index (κ1) is 25.8. The number of hydrogen-bond donors (Lipinski definition) is 0. The molecule has 0 radical (unpaired) electrons. The molecule has 0 saturated heterocycles. The van der Waals surface area contributed by atoms with Crippen molar-refractivity contribution >= 4 is 16.1 Å². The molecule has 4 saturated carbocycles. The Kier molecular flexibility index (Phi) is 5.95. The Morgan fingerprint density at radius 1 is 0.824 bits per heavy atom. The first-order valence-corrected chi connectivity index (χ1v) is 22.0. The van der Waals surface area contributed by atoms with Crippen LogP contribution in [0.2, 0.25) is 48.9 Å². The lowest BCUT2D eigenvalue weighted by atomic mass is 9.45. The van der Waals surface area contributed by atoms with E-state index in [1.807, 2.05) is 5.57 Å². The second-order valence-corrected chi connectivity index (χ2v) is 28.4. The van der Waals surface area contributed by atoms with Crippen molar-refractivity contribution in [3.63, 3.8) is 0 Å². The van der Waals surface area contributed by atoms with Crippen LogP contribution >= 0.6 is 0 Å². The third-order valence-electron chi connectivity index (χ3n) is 14.1. The Morgan fingerprint density at radius 2 is 1.47 bits per heavy atom. The van der Waals surface area contributed by atoms with Crippen molar-refractivity contribution in [2.45, 2.75) is 148 Å². The third kappa shape index (κ3) is 3.68. The van der Waals surface area contributed by atoms with Gasteiger partial charge in [0.2, 0.25) is 0 Å². The van der Waals surface area contributed by atoms with Gasteiger partial charge in [0.15, 0.2) is 0 Å². The van der Waals surface area contributed by atoms with Crippen LogP contribution < -0.4 is 0 Å². The van der Waals surface area contributed by atoms with Crippen LogP contribution in [0.5, 0.6) is 0 Å². The van der Waals surface area contributed by atoms with Crippen LogP contribution in [0, 0.1) is 40.4 Å². The van der Waals surface area contributed by atoms with Gasteiger partial charge in [-0.25, -0.2) is 0 Å². The van der Waals surface area contributed by atoms with Crippen molar-refractivity contribution < 1.29 is 0 Å². The van der Waals surface area contributed by atoms with Gasteiger partial charge < -0.3 is 0 Å². The summed E-state index contributed by atoms with van der Waals surface area (Å²) in [7, 11) is -2.33. The number of hydrogen-bond acceptors (Lipinski definition) is 0. The SMILES string of the molecule is CC(C)(C)[Si](C)(C)C[C@H]1CC[C@@H]2[C@@H]3CC[C@H]4CC(C5([Si](C)(C)C)CC5)=CC[C@]4(C)[C@H]3CC[C@]12C. The van der Waals surface area contributed by atoms with Crippen molar-refractivity contribution in [1.29, 1.82) is 0 Å². The van der Waals surface area contributed by atoms with Gasteiger partial charge in [0, 0.05) is 0 Å². The highest BCUT2D eigenvalue weighted by atomic mass is 28.3. The molecule has 0 spiro atoms. The predicted molar refractivity (Wildman–Crippen MR) is 156 cm³/mol. The Hall–Kier alpha value is 0.174. The normalized spacial score (nSPS) is 44.1. The Bertz CT molecular complexity index is 834. The molecule has 194 valence electrons. The van der Waals surface area contributed by atoms with E-state index in [0.717, 1.165) is 29.6 Å². The summed E-state index contributed by atoms with van der Waals surface area (Å²) in [5, 5.41) is 1.23. The number of allylic oxidation sites excluding steroid dienone is 2. The second-order valence-electron chi connectivity index (χ2n) is 17.3. The molecule has 0 aromatic rings. The minimum absolute atomic E-state index is 0.533. The minimum atomic E-state index is -1.22. The predicted octanol–water partition coefficient (Wildman–Crippen LogP) is 10.6. The van der Waals surface area contributed by atoms with E-state index in [0.29, 0.717) is 20.9 Å². The molecule has 0 nitrogen and oxygen atoms in total. The van der Waals surface area contributed by atoms with Crippen LogP contribution in [0.15, 0.2) is 11.6 Å². The summed E-state index contributed by atoms with van der Waals surface area (Å²) in [5.74, 6) is 5.06. The van der Waals surface area contributed by atoms with Gasteiger partial charge in [-0.15, -0.1) is 0 Å². The fourth-order valence-electron chi connectivity index (χ4n) is 10.3. The summed E-state index contributed by atoms with van der Waals surface area (Å²) < 4.78 is 0. The summed E-state index contributed by atoms with van der Waals surface area (Å²) >= 11 is 0. The monoisotopic (exact) mass is 498 g/mol. The minimum Gasteiger partial charge on any atom is -0.0845 e. The average molecular weight is 499 g/mol. The van der Waals surface area contributed by atoms with Gasteiger partial charge >= 0.3 is 0 Å². The van der Waals surface area contributed by atoms with Crippen LogP contribution in [-0.2, 0) is 0 Å². The third-order valence-corrected chi connectivity index (χ3v) is 23.4. The van der Waals surface area contributed by atoms with E-state index >= 15 is 0 Å². The maximum atomic E-state index is 2.84.